The second-order valence-electron chi connectivity index (χ2n) is 6.47. The number of carbonyl (C=O) groups is 1. The Kier molecular flexibility index (Phi) is 5.34. The van der Waals surface area contributed by atoms with Crippen molar-refractivity contribution >= 4 is 29.3 Å². The van der Waals surface area contributed by atoms with Crippen molar-refractivity contribution < 1.29 is 9.21 Å². The first kappa shape index (κ1) is 18.5. The van der Waals surface area contributed by atoms with Crippen LogP contribution in [0.15, 0.2) is 28.7 Å². The predicted octanol–water partition coefficient (Wildman–Crippen LogP) is 3.06. The highest BCUT2D eigenvalue weighted by atomic mass is 35.5. The fourth-order valence-electron chi connectivity index (χ4n) is 3.50. The van der Waals surface area contributed by atoms with E-state index in [1.54, 1.807) is 4.90 Å². The van der Waals surface area contributed by atoms with E-state index >= 15 is 0 Å². The summed E-state index contributed by atoms with van der Waals surface area (Å²) >= 11 is 0. The van der Waals surface area contributed by atoms with Crippen molar-refractivity contribution in [2.75, 3.05) is 13.6 Å². The molecule has 1 amide bonds. The number of halogens is 1. The molecule has 0 aliphatic carbocycles. The molecule has 0 fully saturated rings. The number of aromatic nitrogens is 2. The zero-order valence-electron chi connectivity index (χ0n) is 15.0. The average Bonchev–Trinajstić information content (AvgIpc) is 3.22. The number of nitrogens with one attached hydrogen (secondary N) is 2. The maximum absolute atomic E-state index is 12.9. The van der Waals surface area contributed by atoms with Gasteiger partial charge in [-0.25, -0.2) is 0 Å². The number of rotatable bonds is 4. The van der Waals surface area contributed by atoms with Crippen LogP contribution in [0.2, 0.25) is 0 Å². The molecule has 0 saturated heterocycles. The molecule has 0 radical (unpaired) electrons. The Balaban J connectivity index is 0.00000196. The number of furan rings is 1. The SMILES string of the molecule is CCc1oc2ccccc2c1CN(C)C(=O)c1n[nH]c2c1CNCC2.Cl. The van der Waals surface area contributed by atoms with Gasteiger partial charge in [-0.15, -0.1) is 12.4 Å². The van der Waals surface area contributed by atoms with E-state index in [4.69, 9.17) is 4.42 Å². The van der Waals surface area contributed by atoms with E-state index in [1.165, 1.54) is 0 Å². The van der Waals surface area contributed by atoms with E-state index in [-0.39, 0.29) is 18.3 Å². The van der Waals surface area contributed by atoms with Gasteiger partial charge in [0.25, 0.3) is 5.91 Å². The highest BCUT2D eigenvalue weighted by Crippen LogP contribution is 2.28. The molecule has 6 nitrogen and oxygen atoms in total. The number of carbonyl (C=O) groups excluding carboxylic acids is 1. The Morgan fingerprint density at radius 3 is 2.96 bits per heavy atom. The van der Waals surface area contributed by atoms with Crippen molar-refractivity contribution in [2.24, 2.45) is 0 Å². The number of H-pyrrole nitrogens is 1. The van der Waals surface area contributed by atoms with Gasteiger partial charge in [-0.2, -0.15) is 5.10 Å². The van der Waals surface area contributed by atoms with Crippen LogP contribution in [0.5, 0.6) is 0 Å². The van der Waals surface area contributed by atoms with Crippen molar-refractivity contribution in [1.29, 1.82) is 0 Å². The second kappa shape index (κ2) is 7.51. The van der Waals surface area contributed by atoms with Crippen molar-refractivity contribution in [3.63, 3.8) is 0 Å². The van der Waals surface area contributed by atoms with Gasteiger partial charge >= 0.3 is 0 Å². The molecule has 138 valence electrons. The van der Waals surface area contributed by atoms with Crippen LogP contribution in [0, 0.1) is 0 Å². The average molecular weight is 375 g/mol. The highest BCUT2D eigenvalue weighted by molar-refractivity contribution is 5.94. The number of amides is 1. The number of fused-ring (bicyclic) bond motifs is 2. The van der Waals surface area contributed by atoms with E-state index in [9.17, 15) is 4.79 Å². The summed E-state index contributed by atoms with van der Waals surface area (Å²) in [4.78, 5) is 14.6. The number of hydrogen-bond acceptors (Lipinski definition) is 4. The largest absolute Gasteiger partial charge is 0.461 e. The summed E-state index contributed by atoms with van der Waals surface area (Å²) in [5, 5.41) is 11.7. The zero-order chi connectivity index (χ0) is 17.4. The van der Waals surface area contributed by atoms with Gasteiger partial charge in [0.15, 0.2) is 5.69 Å². The minimum atomic E-state index is -0.0615. The van der Waals surface area contributed by atoms with Gasteiger partial charge in [0.2, 0.25) is 0 Å². The van der Waals surface area contributed by atoms with Gasteiger partial charge in [-0.3, -0.25) is 9.89 Å². The fourth-order valence-corrected chi connectivity index (χ4v) is 3.50. The fraction of sp³-hybridized carbons (Fsp3) is 0.368. The van der Waals surface area contributed by atoms with Crippen molar-refractivity contribution in [2.45, 2.75) is 32.9 Å². The third-order valence-electron chi connectivity index (χ3n) is 4.85. The van der Waals surface area contributed by atoms with Crippen molar-refractivity contribution in [3.05, 3.63) is 52.5 Å². The number of aryl methyl sites for hydroxylation is 1. The monoisotopic (exact) mass is 374 g/mol. The van der Waals surface area contributed by atoms with Gasteiger partial charge in [-0.05, 0) is 6.07 Å². The molecule has 0 bridgehead atoms. The lowest BCUT2D eigenvalue weighted by molar-refractivity contribution is 0.0778. The molecule has 0 atom stereocenters. The van der Waals surface area contributed by atoms with E-state index < -0.39 is 0 Å². The number of hydrogen-bond donors (Lipinski definition) is 2. The Morgan fingerprint density at radius 2 is 2.15 bits per heavy atom. The molecule has 26 heavy (non-hydrogen) atoms. The molecule has 2 aromatic heterocycles. The highest BCUT2D eigenvalue weighted by Gasteiger charge is 2.25. The zero-order valence-corrected chi connectivity index (χ0v) is 15.8. The van der Waals surface area contributed by atoms with Crippen molar-refractivity contribution in [1.82, 2.24) is 20.4 Å². The maximum Gasteiger partial charge on any atom is 0.274 e. The molecule has 0 unspecified atom stereocenters. The molecule has 0 saturated carbocycles. The van der Waals surface area contributed by atoms with Crippen LogP contribution in [0.25, 0.3) is 11.0 Å². The molecule has 1 aliphatic rings. The molecule has 2 N–H and O–H groups in total. The maximum atomic E-state index is 12.9. The van der Waals surface area contributed by atoms with Gasteiger partial charge in [-0.1, -0.05) is 25.1 Å². The van der Waals surface area contributed by atoms with E-state index in [2.05, 4.69) is 22.4 Å². The summed E-state index contributed by atoms with van der Waals surface area (Å²) in [6.07, 6.45) is 1.68. The smallest absolute Gasteiger partial charge is 0.274 e. The molecule has 7 heteroatoms. The molecule has 1 aromatic carbocycles. The van der Waals surface area contributed by atoms with Crippen molar-refractivity contribution in [3.8, 4) is 0 Å². The van der Waals surface area contributed by atoms with Gasteiger partial charge in [0.1, 0.15) is 11.3 Å². The minimum absolute atomic E-state index is 0. The van der Waals surface area contributed by atoms with Gasteiger partial charge in [0, 0.05) is 61.7 Å². The van der Waals surface area contributed by atoms with Gasteiger partial charge in [0.05, 0.1) is 0 Å². The molecule has 3 aromatic rings. The topological polar surface area (TPSA) is 74.2 Å². The third-order valence-corrected chi connectivity index (χ3v) is 4.85. The van der Waals surface area contributed by atoms with Crippen LogP contribution >= 0.6 is 12.4 Å². The lowest BCUT2D eigenvalue weighted by atomic mass is 10.1. The first-order valence-electron chi connectivity index (χ1n) is 8.70. The lowest BCUT2D eigenvalue weighted by Crippen LogP contribution is -2.30. The number of benzene rings is 1. The third kappa shape index (κ3) is 3.10. The Labute approximate surface area is 158 Å². The summed E-state index contributed by atoms with van der Waals surface area (Å²) in [5.41, 5.74) is 4.54. The van der Waals surface area contributed by atoms with E-state index in [0.717, 1.165) is 52.9 Å². The molecule has 1 aliphatic heterocycles. The first-order chi connectivity index (χ1) is 12.2. The molecule has 0 spiro atoms. The normalized spacial score (nSPS) is 13.3. The number of para-hydroxylation sites is 1. The minimum Gasteiger partial charge on any atom is -0.461 e. The molecular weight excluding hydrogens is 352 g/mol. The predicted molar refractivity (Wildman–Crippen MR) is 103 cm³/mol. The quantitative estimate of drug-likeness (QED) is 0.736. The number of nitrogens with zero attached hydrogens (tertiary/aromatic N) is 2. The standard InChI is InChI=1S/C19H22N4O2.ClH/c1-3-16-14(12-6-4-5-7-17(12)25-16)11-23(2)19(24)18-13-10-20-9-8-15(13)21-22-18;/h4-7,20H,3,8-11H2,1-2H3,(H,21,22);1H. The summed E-state index contributed by atoms with van der Waals surface area (Å²) in [5.74, 6) is 0.875. The van der Waals surface area contributed by atoms with Crippen LogP contribution < -0.4 is 5.32 Å². The van der Waals surface area contributed by atoms with Crippen LogP contribution in [0.1, 0.15) is 40.0 Å². The van der Waals surface area contributed by atoms with E-state index in [1.807, 2.05) is 31.3 Å². The van der Waals surface area contributed by atoms with Crippen LogP contribution in [-0.2, 0) is 25.9 Å². The first-order valence-corrected chi connectivity index (χ1v) is 8.70. The lowest BCUT2D eigenvalue weighted by Gasteiger charge is -2.18. The van der Waals surface area contributed by atoms with E-state index in [0.29, 0.717) is 18.8 Å². The molecule has 3 heterocycles. The molecule has 4 rings (SSSR count). The van der Waals surface area contributed by atoms with Gasteiger partial charge < -0.3 is 14.6 Å². The summed E-state index contributed by atoms with van der Waals surface area (Å²) < 4.78 is 5.94. The number of aromatic amines is 1. The Hall–Kier alpha value is -2.31. The summed E-state index contributed by atoms with van der Waals surface area (Å²) in [6.45, 7) is 4.18. The Bertz CT molecular complexity index is 931. The molecular formula is C19H23ClN4O2. The second-order valence-corrected chi connectivity index (χ2v) is 6.47. The van der Waals surface area contributed by atoms with Crippen LogP contribution in [0.4, 0.5) is 0 Å². The Morgan fingerprint density at radius 1 is 1.35 bits per heavy atom. The van der Waals surface area contributed by atoms with Crippen LogP contribution in [0.3, 0.4) is 0 Å². The van der Waals surface area contributed by atoms with Crippen LogP contribution in [-0.4, -0.2) is 34.6 Å². The summed E-state index contributed by atoms with van der Waals surface area (Å²) in [6, 6.07) is 7.98. The summed E-state index contributed by atoms with van der Waals surface area (Å²) in [7, 11) is 1.82.